The zero-order valence-electron chi connectivity index (χ0n) is 13.4. The second kappa shape index (κ2) is 8.09. The predicted octanol–water partition coefficient (Wildman–Crippen LogP) is 3.19. The minimum atomic E-state index is -2.41. The molecule has 0 radical (unpaired) electrons. The number of hydrogen-bond donors (Lipinski definition) is 0. The molecular weight excluding hydrogens is 284 g/mol. The molecule has 0 bridgehead atoms. The summed E-state index contributed by atoms with van der Waals surface area (Å²) in [5, 5.41) is 1.21. The van der Waals surface area contributed by atoms with Crippen LogP contribution >= 0.6 is 0 Å². The average molecular weight is 313 g/mol. The first-order chi connectivity index (χ1) is 9.49. The molecule has 1 rings (SSSR count). The normalized spacial score (nSPS) is 12.7. The smallest absolute Gasteiger partial charge is 0.372 e. The van der Waals surface area contributed by atoms with E-state index < -0.39 is 16.9 Å². The lowest BCUT2D eigenvalue weighted by molar-refractivity contribution is 0.197. The Morgan fingerprint density at radius 1 is 0.800 bits per heavy atom. The Morgan fingerprint density at radius 3 is 1.75 bits per heavy atom. The van der Waals surface area contributed by atoms with Crippen LogP contribution in [0.25, 0.3) is 0 Å². The Balaban J connectivity index is 3.11. The molecule has 0 saturated heterocycles. The Kier molecular flexibility index (Phi) is 7.12. The lowest BCUT2D eigenvalue weighted by Gasteiger charge is -2.35. The van der Waals surface area contributed by atoms with Crippen LogP contribution in [-0.4, -0.2) is 36.7 Å². The standard InChI is InChI=1S/C15H28O3Si2/c1-6-16-19(4,5)14-20(17-7-2,18-8-3)15-12-10-9-11-13-15/h9-13H,6-8,14H2,1-5H3. The van der Waals surface area contributed by atoms with Crippen LogP contribution in [0.4, 0.5) is 0 Å². The van der Waals surface area contributed by atoms with Crippen LogP contribution in [0, 0.1) is 0 Å². The maximum absolute atomic E-state index is 6.21. The van der Waals surface area contributed by atoms with Gasteiger partial charge in [0.25, 0.3) is 0 Å². The predicted molar refractivity (Wildman–Crippen MR) is 89.0 cm³/mol. The van der Waals surface area contributed by atoms with E-state index in [9.17, 15) is 0 Å². The SMILES string of the molecule is CCO[Si](C)(C)C[Si](OCC)(OCC)c1ccccc1. The molecule has 0 fully saturated rings. The van der Waals surface area contributed by atoms with E-state index in [4.69, 9.17) is 13.3 Å². The molecule has 1 aromatic rings. The molecule has 0 aliphatic heterocycles. The van der Waals surface area contributed by atoms with Crippen LogP contribution in [0.3, 0.4) is 0 Å². The summed E-state index contributed by atoms with van der Waals surface area (Å²) >= 11 is 0. The summed E-state index contributed by atoms with van der Waals surface area (Å²) in [6.45, 7) is 12.8. The quantitative estimate of drug-likeness (QED) is 0.655. The summed E-state index contributed by atoms with van der Waals surface area (Å²) in [5.41, 5.74) is 0.930. The van der Waals surface area contributed by atoms with Crippen molar-refractivity contribution < 1.29 is 13.3 Å². The third-order valence-corrected chi connectivity index (χ3v) is 12.2. The molecule has 20 heavy (non-hydrogen) atoms. The molecule has 0 atom stereocenters. The molecule has 0 N–H and O–H groups in total. The minimum Gasteiger partial charge on any atom is -0.418 e. The Labute approximate surface area is 125 Å². The molecule has 0 aromatic heterocycles. The van der Waals surface area contributed by atoms with E-state index in [0.29, 0.717) is 13.2 Å². The molecule has 0 unspecified atom stereocenters. The van der Waals surface area contributed by atoms with Gasteiger partial charge >= 0.3 is 8.56 Å². The highest BCUT2D eigenvalue weighted by atomic mass is 28.4. The van der Waals surface area contributed by atoms with Gasteiger partial charge in [0.2, 0.25) is 0 Å². The number of benzene rings is 1. The van der Waals surface area contributed by atoms with Crippen molar-refractivity contribution in [2.75, 3.05) is 19.8 Å². The second-order valence-corrected chi connectivity index (χ2v) is 13.2. The second-order valence-electron chi connectivity index (χ2n) is 5.35. The fourth-order valence-electron chi connectivity index (χ4n) is 2.57. The Morgan fingerprint density at radius 2 is 1.30 bits per heavy atom. The summed E-state index contributed by atoms with van der Waals surface area (Å²) in [6, 6.07) is 10.4. The van der Waals surface area contributed by atoms with Gasteiger partial charge in [-0.3, -0.25) is 0 Å². The van der Waals surface area contributed by atoms with Crippen molar-refractivity contribution in [3.05, 3.63) is 30.3 Å². The van der Waals surface area contributed by atoms with Crippen molar-refractivity contribution in [3.8, 4) is 0 Å². The molecule has 5 heteroatoms. The topological polar surface area (TPSA) is 27.7 Å². The Hall–Kier alpha value is -0.466. The van der Waals surface area contributed by atoms with Gasteiger partial charge in [0, 0.05) is 25.5 Å². The first-order valence-electron chi connectivity index (χ1n) is 7.47. The summed E-state index contributed by atoms with van der Waals surface area (Å²) in [6.07, 6.45) is 0. The molecule has 0 saturated carbocycles. The van der Waals surface area contributed by atoms with E-state index in [1.54, 1.807) is 0 Å². The van der Waals surface area contributed by atoms with Gasteiger partial charge in [-0.15, -0.1) is 0 Å². The van der Waals surface area contributed by atoms with E-state index in [0.717, 1.165) is 12.3 Å². The van der Waals surface area contributed by atoms with Crippen LogP contribution in [-0.2, 0) is 13.3 Å². The number of rotatable bonds is 9. The van der Waals surface area contributed by atoms with Gasteiger partial charge in [0.1, 0.15) is 0 Å². The Bertz CT molecular complexity index is 376. The van der Waals surface area contributed by atoms with Gasteiger partial charge in [-0.05, 0) is 39.1 Å². The van der Waals surface area contributed by atoms with Gasteiger partial charge in [-0.1, -0.05) is 30.3 Å². The highest BCUT2D eigenvalue weighted by Gasteiger charge is 2.46. The van der Waals surface area contributed by atoms with Crippen molar-refractivity contribution in [2.45, 2.75) is 39.5 Å². The average Bonchev–Trinajstić information content (AvgIpc) is 2.39. The van der Waals surface area contributed by atoms with Gasteiger partial charge < -0.3 is 13.3 Å². The van der Waals surface area contributed by atoms with E-state index in [-0.39, 0.29) is 0 Å². The molecule has 0 aliphatic rings. The molecular formula is C15H28O3Si2. The maximum Gasteiger partial charge on any atom is 0.372 e. The molecule has 114 valence electrons. The summed E-state index contributed by atoms with van der Waals surface area (Å²) < 4.78 is 18.4. The summed E-state index contributed by atoms with van der Waals surface area (Å²) in [5.74, 6) is 0. The van der Waals surface area contributed by atoms with Crippen LogP contribution in [0.2, 0.25) is 18.8 Å². The van der Waals surface area contributed by atoms with E-state index in [1.165, 1.54) is 5.19 Å². The molecule has 0 aliphatic carbocycles. The van der Waals surface area contributed by atoms with Gasteiger partial charge in [-0.2, -0.15) is 0 Å². The van der Waals surface area contributed by atoms with Crippen LogP contribution in [0.15, 0.2) is 30.3 Å². The van der Waals surface area contributed by atoms with E-state index >= 15 is 0 Å². The highest BCUT2D eigenvalue weighted by molar-refractivity contribution is 6.94. The fraction of sp³-hybridized carbons (Fsp3) is 0.600. The molecule has 1 aromatic carbocycles. The largest absolute Gasteiger partial charge is 0.418 e. The fourth-order valence-corrected chi connectivity index (χ4v) is 11.9. The molecule has 3 nitrogen and oxygen atoms in total. The van der Waals surface area contributed by atoms with E-state index in [1.807, 2.05) is 19.9 Å². The molecule has 0 amide bonds. The lowest BCUT2D eigenvalue weighted by Crippen LogP contribution is -2.59. The van der Waals surface area contributed by atoms with Gasteiger partial charge in [-0.25, -0.2) is 0 Å². The van der Waals surface area contributed by atoms with Crippen molar-refractivity contribution in [1.82, 2.24) is 0 Å². The van der Waals surface area contributed by atoms with Crippen molar-refractivity contribution in [2.24, 2.45) is 0 Å². The van der Waals surface area contributed by atoms with Gasteiger partial charge in [0.15, 0.2) is 8.32 Å². The molecule has 0 spiro atoms. The highest BCUT2D eigenvalue weighted by Crippen LogP contribution is 2.23. The summed E-state index contributed by atoms with van der Waals surface area (Å²) in [7, 11) is -4.19. The lowest BCUT2D eigenvalue weighted by atomic mass is 10.4. The first kappa shape index (κ1) is 17.6. The third kappa shape index (κ3) is 4.82. The van der Waals surface area contributed by atoms with Crippen LogP contribution < -0.4 is 5.19 Å². The van der Waals surface area contributed by atoms with Crippen molar-refractivity contribution in [3.63, 3.8) is 0 Å². The third-order valence-electron chi connectivity index (χ3n) is 3.16. The van der Waals surface area contributed by atoms with Gasteiger partial charge in [0.05, 0.1) is 0 Å². The maximum atomic E-state index is 6.21. The monoisotopic (exact) mass is 312 g/mol. The van der Waals surface area contributed by atoms with Crippen LogP contribution in [0.5, 0.6) is 0 Å². The van der Waals surface area contributed by atoms with E-state index in [2.05, 4.69) is 44.3 Å². The van der Waals surface area contributed by atoms with Crippen molar-refractivity contribution >= 4 is 22.1 Å². The minimum absolute atomic E-state index is 0.678. The zero-order valence-corrected chi connectivity index (χ0v) is 15.4. The zero-order chi connectivity index (χ0) is 15.1. The van der Waals surface area contributed by atoms with Crippen molar-refractivity contribution in [1.29, 1.82) is 0 Å². The van der Waals surface area contributed by atoms with Crippen LogP contribution in [0.1, 0.15) is 20.8 Å². The number of hydrogen-bond acceptors (Lipinski definition) is 3. The molecule has 0 heterocycles. The first-order valence-corrected chi connectivity index (χ1v) is 12.6. The summed E-state index contributed by atoms with van der Waals surface area (Å²) in [4.78, 5) is 0.